The summed E-state index contributed by atoms with van der Waals surface area (Å²) in [6.07, 6.45) is -3.79. The summed E-state index contributed by atoms with van der Waals surface area (Å²) in [5.41, 5.74) is 0.906. The van der Waals surface area contributed by atoms with Crippen LogP contribution in [0.25, 0.3) is 5.76 Å². The minimum absolute atomic E-state index is 0.0428. The van der Waals surface area contributed by atoms with Crippen LogP contribution < -0.4 is 0 Å². The Morgan fingerprint density at radius 3 is 2.20 bits per heavy atom. The first kappa shape index (κ1) is 24.1. The molecule has 3 aromatic rings. The van der Waals surface area contributed by atoms with Crippen molar-refractivity contribution >= 4 is 17.4 Å². The van der Waals surface area contributed by atoms with Crippen molar-refractivity contribution in [3.8, 4) is 5.75 Å². The molecule has 0 aromatic heterocycles. The van der Waals surface area contributed by atoms with E-state index in [1.54, 1.807) is 24.3 Å². The molecule has 8 heteroatoms. The summed E-state index contributed by atoms with van der Waals surface area (Å²) in [6, 6.07) is 16.1. The molecule has 0 bridgehead atoms. The molecule has 2 N–H and O–H groups in total. The van der Waals surface area contributed by atoms with E-state index in [9.17, 15) is 33.0 Å². The van der Waals surface area contributed by atoms with Crippen molar-refractivity contribution in [1.29, 1.82) is 0 Å². The quantitative estimate of drug-likeness (QED) is 0.283. The van der Waals surface area contributed by atoms with Crippen LogP contribution in [-0.2, 0) is 28.7 Å². The van der Waals surface area contributed by atoms with Crippen LogP contribution in [-0.4, -0.2) is 26.8 Å². The monoisotopic (exact) mass is 481 g/mol. The Morgan fingerprint density at radius 2 is 1.60 bits per heavy atom. The molecule has 1 aliphatic heterocycles. The standard InChI is InChI=1S/C27H22F3NO4/c1-2-16-6-8-19(9-7-16)24(33)22-23(18-10-12-21(32)13-11-18)31(26(35)25(22)34)15-17-4-3-5-20(14-17)27(28,29)30/h3-14,23,32-33H,2,15H2,1H3/b24-22+. The zero-order valence-corrected chi connectivity index (χ0v) is 18.7. The number of aryl methyl sites for hydroxylation is 1. The molecule has 4 rings (SSSR count). The van der Waals surface area contributed by atoms with Gasteiger partial charge in [0, 0.05) is 12.1 Å². The first-order chi connectivity index (χ1) is 16.6. The molecule has 180 valence electrons. The summed E-state index contributed by atoms with van der Waals surface area (Å²) in [7, 11) is 0. The van der Waals surface area contributed by atoms with Crippen molar-refractivity contribution in [2.45, 2.75) is 32.1 Å². The van der Waals surface area contributed by atoms with E-state index >= 15 is 0 Å². The topological polar surface area (TPSA) is 77.8 Å². The second kappa shape index (κ2) is 9.29. The lowest BCUT2D eigenvalue weighted by molar-refractivity contribution is -0.140. The van der Waals surface area contributed by atoms with Gasteiger partial charge in [-0.25, -0.2) is 0 Å². The zero-order valence-electron chi connectivity index (χ0n) is 18.7. The van der Waals surface area contributed by atoms with Crippen molar-refractivity contribution in [2.24, 2.45) is 0 Å². The smallest absolute Gasteiger partial charge is 0.416 e. The normalized spacial score (nSPS) is 17.7. The van der Waals surface area contributed by atoms with Crippen molar-refractivity contribution < 1.29 is 33.0 Å². The first-order valence-electron chi connectivity index (χ1n) is 10.9. The van der Waals surface area contributed by atoms with E-state index in [1.807, 2.05) is 6.92 Å². The van der Waals surface area contributed by atoms with Crippen LogP contribution in [0.4, 0.5) is 13.2 Å². The highest BCUT2D eigenvalue weighted by Crippen LogP contribution is 2.41. The molecule has 1 atom stereocenters. The summed E-state index contributed by atoms with van der Waals surface area (Å²) in [6.45, 7) is 1.69. The highest BCUT2D eigenvalue weighted by molar-refractivity contribution is 6.46. The van der Waals surface area contributed by atoms with Crippen LogP contribution in [0.5, 0.6) is 5.75 Å². The molecule has 1 fully saturated rings. The fourth-order valence-electron chi connectivity index (χ4n) is 4.14. The fraction of sp³-hybridized carbons (Fsp3) is 0.185. The van der Waals surface area contributed by atoms with Crippen LogP contribution in [0.15, 0.2) is 78.4 Å². The van der Waals surface area contributed by atoms with E-state index < -0.39 is 29.5 Å². The number of aliphatic hydroxyl groups excluding tert-OH is 1. The summed E-state index contributed by atoms with van der Waals surface area (Å²) in [5, 5.41) is 20.8. The van der Waals surface area contributed by atoms with Crippen molar-refractivity contribution in [1.82, 2.24) is 4.90 Å². The number of phenolic OH excluding ortho intramolecular Hbond substituents is 1. The average Bonchev–Trinajstić information content (AvgIpc) is 3.09. The maximum atomic E-state index is 13.2. The number of aliphatic hydroxyl groups is 1. The average molecular weight is 481 g/mol. The minimum Gasteiger partial charge on any atom is -0.508 e. The van der Waals surface area contributed by atoms with Gasteiger partial charge >= 0.3 is 6.18 Å². The largest absolute Gasteiger partial charge is 0.508 e. The molecule has 0 spiro atoms. The third-order valence-corrected chi connectivity index (χ3v) is 5.99. The van der Waals surface area contributed by atoms with Gasteiger partial charge in [0.15, 0.2) is 0 Å². The van der Waals surface area contributed by atoms with Crippen molar-refractivity contribution in [3.63, 3.8) is 0 Å². The van der Waals surface area contributed by atoms with E-state index in [0.29, 0.717) is 11.1 Å². The van der Waals surface area contributed by atoms with Gasteiger partial charge in [0.25, 0.3) is 11.7 Å². The summed E-state index contributed by atoms with van der Waals surface area (Å²) < 4.78 is 39.6. The van der Waals surface area contributed by atoms with Gasteiger partial charge in [-0.2, -0.15) is 13.2 Å². The van der Waals surface area contributed by atoms with Gasteiger partial charge < -0.3 is 15.1 Å². The van der Waals surface area contributed by atoms with E-state index in [-0.39, 0.29) is 29.2 Å². The molecule has 3 aromatic carbocycles. The van der Waals surface area contributed by atoms with E-state index in [4.69, 9.17) is 0 Å². The molecule has 5 nitrogen and oxygen atoms in total. The third-order valence-electron chi connectivity index (χ3n) is 5.99. The number of Topliss-reactive ketones (excluding diaryl/α,β-unsaturated/α-hetero) is 1. The lowest BCUT2D eigenvalue weighted by atomic mass is 9.94. The number of carbonyl (C=O) groups is 2. The molecular formula is C27H22F3NO4. The number of hydrogen-bond acceptors (Lipinski definition) is 4. The molecule has 1 amide bonds. The number of rotatable bonds is 5. The first-order valence-corrected chi connectivity index (χ1v) is 10.9. The van der Waals surface area contributed by atoms with Crippen LogP contribution >= 0.6 is 0 Å². The van der Waals surface area contributed by atoms with Gasteiger partial charge in [0.2, 0.25) is 0 Å². The molecule has 0 radical (unpaired) electrons. The number of benzene rings is 3. The number of likely N-dealkylation sites (tertiary alicyclic amines) is 1. The number of alkyl halides is 3. The predicted octanol–water partition coefficient (Wildman–Crippen LogP) is 5.60. The number of nitrogens with zero attached hydrogens (tertiary/aromatic N) is 1. The highest BCUT2D eigenvalue weighted by atomic mass is 19.4. The molecule has 0 aliphatic carbocycles. The van der Waals surface area contributed by atoms with Crippen LogP contribution in [0.2, 0.25) is 0 Å². The minimum atomic E-state index is -4.56. The fourth-order valence-corrected chi connectivity index (χ4v) is 4.14. The zero-order chi connectivity index (χ0) is 25.3. The number of hydrogen-bond donors (Lipinski definition) is 2. The van der Waals surface area contributed by atoms with Crippen molar-refractivity contribution in [2.75, 3.05) is 0 Å². The van der Waals surface area contributed by atoms with Gasteiger partial charge in [0.05, 0.1) is 17.2 Å². The van der Waals surface area contributed by atoms with Gasteiger partial charge in [0.1, 0.15) is 11.5 Å². The molecule has 1 unspecified atom stereocenters. The molecule has 1 aliphatic rings. The lowest BCUT2D eigenvalue weighted by Gasteiger charge is -2.26. The summed E-state index contributed by atoms with van der Waals surface area (Å²) in [5.74, 6) is -2.30. The van der Waals surface area contributed by atoms with Gasteiger partial charge in [-0.05, 0) is 47.4 Å². The molecule has 35 heavy (non-hydrogen) atoms. The Hall–Kier alpha value is -4.07. The van der Waals surface area contributed by atoms with Gasteiger partial charge in [-0.1, -0.05) is 55.5 Å². The number of halogens is 3. The van der Waals surface area contributed by atoms with E-state index in [0.717, 1.165) is 29.0 Å². The number of amides is 1. The molecule has 0 saturated carbocycles. The number of carbonyl (C=O) groups excluding carboxylic acids is 2. The van der Waals surface area contributed by atoms with Gasteiger partial charge in [-0.15, -0.1) is 0 Å². The summed E-state index contributed by atoms with van der Waals surface area (Å²) in [4.78, 5) is 27.3. The highest BCUT2D eigenvalue weighted by Gasteiger charge is 2.46. The van der Waals surface area contributed by atoms with E-state index in [2.05, 4.69) is 0 Å². The Bertz CT molecular complexity index is 1300. The predicted molar refractivity (Wildman–Crippen MR) is 123 cm³/mol. The van der Waals surface area contributed by atoms with Crippen molar-refractivity contribution in [3.05, 3.63) is 106 Å². The maximum absolute atomic E-state index is 13.2. The Labute approximate surface area is 199 Å². The van der Waals surface area contributed by atoms with Crippen LogP contribution in [0.3, 0.4) is 0 Å². The SMILES string of the molecule is CCc1ccc(/C(O)=C2\C(=O)C(=O)N(Cc3cccc(C(F)(F)F)c3)C2c2ccc(O)cc2)cc1. The van der Waals surface area contributed by atoms with Crippen LogP contribution in [0.1, 0.15) is 40.8 Å². The second-order valence-electron chi connectivity index (χ2n) is 8.27. The number of ketones is 1. The maximum Gasteiger partial charge on any atom is 0.416 e. The lowest BCUT2D eigenvalue weighted by Crippen LogP contribution is -2.29. The Kier molecular flexibility index (Phi) is 6.39. The molecule has 1 heterocycles. The second-order valence-corrected chi connectivity index (χ2v) is 8.27. The van der Waals surface area contributed by atoms with Gasteiger partial charge in [-0.3, -0.25) is 9.59 Å². The number of phenols is 1. The number of aromatic hydroxyl groups is 1. The Balaban J connectivity index is 1.82. The molecule has 1 saturated heterocycles. The van der Waals surface area contributed by atoms with E-state index in [1.165, 1.54) is 36.4 Å². The molecular weight excluding hydrogens is 459 g/mol. The third kappa shape index (κ3) is 4.77. The Morgan fingerprint density at radius 1 is 0.943 bits per heavy atom. The summed E-state index contributed by atoms with van der Waals surface area (Å²) >= 11 is 0. The van der Waals surface area contributed by atoms with Crippen LogP contribution in [0, 0.1) is 0 Å².